The van der Waals surface area contributed by atoms with E-state index in [9.17, 15) is 4.39 Å². The van der Waals surface area contributed by atoms with Crippen LogP contribution in [0.25, 0.3) is 10.9 Å². The number of hydrogen-bond acceptors (Lipinski definition) is 2. The van der Waals surface area contributed by atoms with Crippen molar-refractivity contribution in [2.45, 2.75) is 19.4 Å². The van der Waals surface area contributed by atoms with E-state index in [0.717, 1.165) is 50.0 Å². The maximum atomic E-state index is 13.1. The number of hydrogen-bond donors (Lipinski definition) is 1. The molecule has 104 valence electrons. The van der Waals surface area contributed by atoms with E-state index < -0.39 is 0 Å². The molecule has 0 unspecified atom stereocenters. The SMILES string of the molecule is COCCNCCCCn1ccc2cc(F)ccc21. The van der Waals surface area contributed by atoms with Crippen molar-refractivity contribution in [3.05, 3.63) is 36.3 Å². The van der Waals surface area contributed by atoms with Gasteiger partial charge in [0.15, 0.2) is 0 Å². The fraction of sp³-hybridized carbons (Fsp3) is 0.467. The molecule has 0 radical (unpaired) electrons. The molecule has 1 heterocycles. The minimum absolute atomic E-state index is 0.174. The molecule has 0 amide bonds. The summed E-state index contributed by atoms with van der Waals surface area (Å²) < 4.78 is 20.2. The van der Waals surface area contributed by atoms with Gasteiger partial charge in [0, 0.05) is 37.3 Å². The summed E-state index contributed by atoms with van der Waals surface area (Å²) in [6.07, 6.45) is 4.27. The molecule has 1 aromatic heterocycles. The summed E-state index contributed by atoms with van der Waals surface area (Å²) in [6, 6.07) is 6.92. The first-order valence-corrected chi connectivity index (χ1v) is 6.75. The molecule has 0 aliphatic carbocycles. The van der Waals surface area contributed by atoms with Crippen molar-refractivity contribution in [1.29, 1.82) is 0 Å². The summed E-state index contributed by atoms with van der Waals surface area (Å²) in [7, 11) is 1.71. The maximum Gasteiger partial charge on any atom is 0.123 e. The molecular weight excluding hydrogens is 243 g/mol. The van der Waals surface area contributed by atoms with Crippen molar-refractivity contribution in [3.63, 3.8) is 0 Å². The van der Waals surface area contributed by atoms with Crippen LogP contribution in [-0.4, -0.2) is 31.4 Å². The second-order valence-corrected chi connectivity index (χ2v) is 4.66. The quantitative estimate of drug-likeness (QED) is 0.742. The number of fused-ring (bicyclic) bond motifs is 1. The standard InChI is InChI=1S/C15H21FN2O/c1-19-11-8-17-7-2-3-9-18-10-6-13-12-14(16)4-5-15(13)18/h4-6,10,12,17H,2-3,7-9,11H2,1H3. The number of aromatic nitrogens is 1. The normalized spacial score (nSPS) is 11.3. The third-order valence-corrected chi connectivity index (χ3v) is 3.22. The molecule has 1 N–H and O–H groups in total. The summed E-state index contributed by atoms with van der Waals surface area (Å²) in [5.74, 6) is -0.174. The molecule has 2 aromatic rings. The second-order valence-electron chi connectivity index (χ2n) is 4.66. The largest absolute Gasteiger partial charge is 0.383 e. The summed E-state index contributed by atoms with van der Waals surface area (Å²) in [4.78, 5) is 0. The highest BCUT2D eigenvalue weighted by atomic mass is 19.1. The lowest BCUT2D eigenvalue weighted by Gasteiger charge is -2.06. The lowest BCUT2D eigenvalue weighted by molar-refractivity contribution is 0.199. The summed E-state index contributed by atoms with van der Waals surface area (Å²) in [5.41, 5.74) is 1.11. The molecule has 0 spiro atoms. The molecule has 0 atom stereocenters. The van der Waals surface area contributed by atoms with Crippen LogP contribution in [0.1, 0.15) is 12.8 Å². The van der Waals surface area contributed by atoms with Crippen LogP contribution in [0, 0.1) is 5.82 Å². The van der Waals surface area contributed by atoms with Gasteiger partial charge in [0.05, 0.1) is 6.61 Å². The Morgan fingerprint density at radius 2 is 2.11 bits per heavy atom. The van der Waals surface area contributed by atoms with Gasteiger partial charge in [-0.25, -0.2) is 4.39 Å². The molecule has 0 saturated carbocycles. The summed E-state index contributed by atoms with van der Waals surface area (Å²) in [5, 5.41) is 4.30. The van der Waals surface area contributed by atoms with Gasteiger partial charge >= 0.3 is 0 Å². The Bertz CT molecular complexity index is 510. The Balaban J connectivity index is 1.76. The van der Waals surface area contributed by atoms with Crippen molar-refractivity contribution in [1.82, 2.24) is 9.88 Å². The first-order valence-electron chi connectivity index (χ1n) is 6.75. The van der Waals surface area contributed by atoms with Gasteiger partial charge in [-0.2, -0.15) is 0 Å². The number of nitrogens with zero attached hydrogens (tertiary/aromatic N) is 1. The molecule has 2 rings (SSSR count). The van der Waals surface area contributed by atoms with Crippen LogP contribution in [0.5, 0.6) is 0 Å². The molecule has 0 aliphatic heterocycles. The van der Waals surface area contributed by atoms with E-state index in [4.69, 9.17) is 4.74 Å². The monoisotopic (exact) mass is 264 g/mol. The smallest absolute Gasteiger partial charge is 0.123 e. The van der Waals surface area contributed by atoms with E-state index in [0.29, 0.717) is 0 Å². The lowest BCUT2D eigenvalue weighted by Crippen LogP contribution is -2.20. The fourth-order valence-corrected chi connectivity index (χ4v) is 2.20. The molecule has 4 heteroatoms. The summed E-state index contributed by atoms with van der Waals surface area (Å²) in [6.45, 7) is 3.65. The third kappa shape index (κ3) is 4.04. The second kappa shape index (κ2) is 7.26. The molecule has 0 aliphatic rings. The Kier molecular flexibility index (Phi) is 5.36. The molecule has 3 nitrogen and oxygen atoms in total. The predicted octanol–water partition coefficient (Wildman–Crippen LogP) is 2.80. The highest BCUT2D eigenvalue weighted by Crippen LogP contribution is 2.17. The highest BCUT2D eigenvalue weighted by molar-refractivity contribution is 5.80. The van der Waals surface area contributed by atoms with Gasteiger partial charge in [-0.1, -0.05) is 0 Å². The van der Waals surface area contributed by atoms with Crippen molar-refractivity contribution in [3.8, 4) is 0 Å². The van der Waals surface area contributed by atoms with Gasteiger partial charge in [-0.05, 0) is 43.7 Å². The Hall–Kier alpha value is -1.39. The fourth-order valence-electron chi connectivity index (χ4n) is 2.20. The molecule has 0 bridgehead atoms. The van der Waals surface area contributed by atoms with Gasteiger partial charge in [-0.3, -0.25) is 0 Å². The van der Waals surface area contributed by atoms with Gasteiger partial charge in [0.2, 0.25) is 0 Å². The van der Waals surface area contributed by atoms with Crippen molar-refractivity contribution >= 4 is 10.9 Å². The Morgan fingerprint density at radius 3 is 2.95 bits per heavy atom. The van der Waals surface area contributed by atoms with Crippen molar-refractivity contribution in [2.24, 2.45) is 0 Å². The number of ether oxygens (including phenoxy) is 1. The van der Waals surface area contributed by atoms with Gasteiger partial charge in [0.1, 0.15) is 5.82 Å². The first kappa shape index (κ1) is 14.0. The first-order chi connectivity index (χ1) is 9.31. The van der Waals surface area contributed by atoms with Crippen LogP contribution in [0.4, 0.5) is 4.39 Å². The number of methoxy groups -OCH3 is 1. The molecule has 1 aromatic carbocycles. The minimum atomic E-state index is -0.174. The van der Waals surface area contributed by atoms with E-state index >= 15 is 0 Å². The zero-order valence-electron chi connectivity index (χ0n) is 11.4. The zero-order chi connectivity index (χ0) is 13.5. The van der Waals surface area contributed by atoms with Crippen LogP contribution >= 0.6 is 0 Å². The van der Waals surface area contributed by atoms with E-state index in [1.807, 2.05) is 18.3 Å². The number of rotatable bonds is 8. The Morgan fingerprint density at radius 1 is 1.21 bits per heavy atom. The molecule has 0 fully saturated rings. The van der Waals surface area contributed by atoms with Crippen LogP contribution < -0.4 is 5.32 Å². The predicted molar refractivity (Wildman–Crippen MR) is 75.9 cm³/mol. The zero-order valence-corrected chi connectivity index (χ0v) is 11.4. The maximum absolute atomic E-state index is 13.1. The summed E-state index contributed by atoms with van der Waals surface area (Å²) >= 11 is 0. The number of benzene rings is 1. The van der Waals surface area contributed by atoms with E-state index in [1.54, 1.807) is 13.2 Å². The number of halogens is 1. The topological polar surface area (TPSA) is 26.2 Å². The third-order valence-electron chi connectivity index (χ3n) is 3.22. The van der Waals surface area contributed by atoms with E-state index in [1.165, 1.54) is 6.07 Å². The average molecular weight is 264 g/mol. The number of aryl methyl sites for hydroxylation is 1. The van der Waals surface area contributed by atoms with Crippen molar-refractivity contribution < 1.29 is 9.13 Å². The van der Waals surface area contributed by atoms with Gasteiger partial charge in [0.25, 0.3) is 0 Å². The lowest BCUT2D eigenvalue weighted by atomic mass is 10.2. The number of unbranched alkanes of at least 4 members (excludes halogenated alkanes) is 1. The van der Waals surface area contributed by atoms with Crippen molar-refractivity contribution in [2.75, 3.05) is 26.8 Å². The van der Waals surface area contributed by atoms with Crippen LogP contribution in [0.3, 0.4) is 0 Å². The minimum Gasteiger partial charge on any atom is -0.383 e. The van der Waals surface area contributed by atoms with Crippen LogP contribution in [0.15, 0.2) is 30.5 Å². The van der Waals surface area contributed by atoms with Gasteiger partial charge in [-0.15, -0.1) is 0 Å². The molecule has 19 heavy (non-hydrogen) atoms. The molecule has 0 saturated heterocycles. The number of nitrogens with one attached hydrogen (secondary N) is 1. The highest BCUT2D eigenvalue weighted by Gasteiger charge is 2.01. The van der Waals surface area contributed by atoms with Crippen LogP contribution in [0.2, 0.25) is 0 Å². The van der Waals surface area contributed by atoms with Crippen LogP contribution in [-0.2, 0) is 11.3 Å². The van der Waals surface area contributed by atoms with Gasteiger partial charge < -0.3 is 14.6 Å². The van der Waals surface area contributed by atoms with E-state index in [2.05, 4.69) is 9.88 Å². The van der Waals surface area contributed by atoms with E-state index in [-0.39, 0.29) is 5.82 Å². The molecular formula is C15H21FN2O. The average Bonchev–Trinajstić information content (AvgIpc) is 2.80. The Labute approximate surface area is 113 Å².